The highest BCUT2D eigenvalue weighted by atomic mass is 35.5. The summed E-state index contributed by atoms with van der Waals surface area (Å²) in [6.45, 7) is 4.72. The topological polar surface area (TPSA) is 92.9 Å². The van der Waals surface area contributed by atoms with Crippen LogP contribution in [0.5, 0.6) is 0 Å². The van der Waals surface area contributed by atoms with Crippen LogP contribution in [-0.2, 0) is 9.53 Å². The van der Waals surface area contributed by atoms with Gasteiger partial charge in [-0.3, -0.25) is 9.20 Å². The minimum atomic E-state index is -5.08. The van der Waals surface area contributed by atoms with Crippen LogP contribution in [0.15, 0.2) is 24.4 Å². The third-order valence-corrected chi connectivity index (χ3v) is 4.26. The molecule has 1 aliphatic rings. The standard InChI is InChI=1S/C15H18ClN3O2.C2HF3O2/c1-15(2)9-10(6-8-21-15)17-14(20)13-18-12(16)11-5-3-4-7-19(11)13;3-2(4,5)1(6)7/h3-5,7,10H,6,8-9H2,1-2H3,(H,17,20);(H,6,7). The van der Waals surface area contributed by atoms with Crippen molar-refractivity contribution in [2.24, 2.45) is 0 Å². The second kappa shape index (κ2) is 8.36. The van der Waals surface area contributed by atoms with Gasteiger partial charge in [-0.05, 0) is 38.8 Å². The smallest absolute Gasteiger partial charge is 0.475 e. The van der Waals surface area contributed by atoms with E-state index in [0.29, 0.717) is 17.6 Å². The molecule has 11 heteroatoms. The number of alkyl halides is 3. The molecule has 0 radical (unpaired) electrons. The summed E-state index contributed by atoms with van der Waals surface area (Å²) in [5.74, 6) is -2.64. The number of hydrogen-bond donors (Lipinski definition) is 2. The van der Waals surface area contributed by atoms with E-state index in [9.17, 15) is 18.0 Å². The fourth-order valence-corrected chi connectivity index (χ4v) is 3.00. The zero-order chi connectivity index (χ0) is 21.1. The second-order valence-electron chi connectivity index (χ2n) is 6.76. The van der Waals surface area contributed by atoms with Crippen LogP contribution in [0.4, 0.5) is 13.2 Å². The first-order valence-corrected chi connectivity index (χ1v) is 8.66. The molecular formula is C17H19ClF3N3O4. The average molecular weight is 422 g/mol. The van der Waals surface area contributed by atoms with Gasteiger partial charge in [0, 0.05) is 18.8 Å². The number of aromatic nitrogens is 2. The molecule has 0 spiro atoms. The lowest BCUT2D eigenvalue weighted by Crippen LogP contribution is -2.46. The molecule has 28 heavy (non-hydrogen) atoms. The molecule has 2 aromatic rings. The Morgan fingerprint density at radius 1 is 1.39 bits per heavy atom. The van der Waals surface area contributed by atoms with Crippen LogP contribution < -0.4 is 5.32 Å². The molecular weight excluding hydrogens is 403 g/mol. The van der Waals surface area contributed by atoms with Crippen molar-refractivity contribution >= 4 is 29.0 Å². The molecule has 3 heterocycles. The van der Waals surface area contributed by atoms with Gasteiger partial charge in [-0.25, -0.2) is 9.78 Å². The summed E-state index contributed by atoms with van der Waals surface area (Å²) in [6, 6.07) is 5.64. The number of rotatable bonds is 2. The fraction of sp³-hybridized carbons (Fsp3) is 0.471. The number of amides is 1. The monoisotopic (exact) mass is 421 g/mol. The minimum Gasteiger partial charge on any atom is -0.475 e. The van der Waals surface area contributed by atoms with Crippen molar-refractivity contribution in [1.29, 1.82) is 0 Å². The summed E-state index contributed by atoms with van der Waals surface area (Å²) >= 11 is 6.08. The van der Waals surface area contributed by atoms with Crippen LogP contribution in [0.25, 0.3) is 5.52 Å². The van der Waals surface area contributed by atoms with Gasteiger partial charge < -0.3 is 15.2 Å². The van der Waals surface area contributed by atoms with Crippen LogP contribution in [0.2, 0.25) is 5.15 Å². The van der Waals surface area contributed by atoms with E-state index in [1.165, 1.54) is 0 Å². The summed E-state index contributed by atoms with van der Waals surface area (Å²) in [5.41, 5.74) is 0.527. The first-order chi connectivity index (χ1) is 12.9. The van der Waals surface area contributed by atoms with Crippen LogP contribution in [0, 0.1) is 0 Å². The molecule has 0 saturated carbocycles. The molecule has 7 nitrogen and oxygen atoms in total. The molecule has 1 unspecified atom stereocenters. The van der Waals surface area contributed by atoms with E-state index < -0.39 is 12.1 Å². The molecule has 0 aromatic carbocycles. The number of nitrogens with one attached hydrogen (secondary N) is 1. The minimum absolute atomic E-state index is 0.0936. The largest absolute Gasteiger partial charge is 0.490 e. The van der Waals surface area contributed by atoms with Crippen molar-refractivity contribution in [2.75, 3.05) is 6.61 Å². The van der Waals surface area contributed by atoms with Gasteiger partial charge in [-0.1, -0.05) is 17.7 Å². The zero-order valence-corrected chi connectivity index (χ0v) is 15.8. The average Bonchev–Trinajstić information content (AvgIpc) is 2.91. The van der Waals surface area contributed by atoms with Gasteiger partial charge in [0.2, 0.25) is 5.82 Å². The van der Waals surface area contributed by atoms with Crippen LogP contribution in [-0.4, -0.2) is 50.8 Å². The lowest BCUT2D eigenvalue weighted by Gasteiger charge is -2.35. The van der Waals surface area contributed by atoms with Gasteiger partial charge in [0.05, 0.1) is 11.1 Å². The molecule has 1 saturated heterocycles. The molecule has 154 valence electrons. The first kappa shape index (κ1) is 22.0. The number of nitrogens with zero attached hydrogens (tertiary/aromatic N) is 2. The van der Waals surface area contributed by atoms with E-state index in [-0.39, 0.29) is 17.6 Å². The maximum absolute atomic E-state index is 12.5. The van der Waals surface area contributed by atoms with Gasteiger partial charge in [0.25, 0.3) is 5.91 Å². The van der Waals surface area contributed by atoms with E-state index >= 15 is 0 Å². The third-order valence-electron chi connectivity index (χ3n) is 3.98. The van der Waals surface area contributed by atoms with Gasteiger partial charge in [0.15, 0.2) is 5.15 Å². The summed E-state index contributed by atoms with van der Waals surface area (Å²) < 4.78 is 39.1. The first-order valence-electron chi connectivity index (χ1n) is 8.28. The number of aliphatic carboxylic acids is 1. The number of carbonyl (C=O) groups excluding carboxylic acids is 1. The van der Waals surface area contributed by atoms with Crippen molar-refractivity contribution in [3.8, 4) is 0 Å². The number of pyridine rings is 1. The Hall–Kier alpha value is -2.33. The number of carbonyl (C=O) groups is 2. The Morgan fingerprint density at radius 3 is 2.61 bits per heavy atom. The Balaban J connectivity index is 0.000000345. The molecule has 3 rings (SSSR count). The SMILES string of the molecule is CC1(C)CC(NC(=O)c2nc(Cl)c3ccccn23)CCO1.O=C(O)C(F)(F)F. The zero-order valence-electron chi connectivity index (χ0n) is 15.1. The van der Waals surface area contributed by atoms with Gasteiger partial charge in [0.1, 0.15) is 0 Å². The highest BCUT2D eigenvalue weighted by molar-refractivity contribution is 6.33. The summed E-state index contributed by atoms with van der Waals surface area (Å²) in [6.07, 6.45) is -1.70. The number of hydrogen-bond acceptors (Lipinski definition) is 4. The maximum atomic E-state index is 12.5. The van der Waals surface area contributed by atoms with Gasteiger partial charge in [-0.2, -0.15) is 13.2 Å². The van der Waals surface area contributed by atoms with Crippen molar-refractivity contribution in [2.45, 2.75) is 44.5 Å². The summed E-state index contributed by atoms with van der Waals surface area (Å²) in [7, 11) is 0. The predicted molar refractivity (Wildman–Crippen MR) is 94.4 cm³/mol. The summed E-state index contributed by atoms with van der Waals surface area (Å²) in [5, 5.41) is 10.5. The quantitative estimate of drug-likeness (QED) is 0.776. The van der Waals surface area contributed by atoms with Crippen LogP contribution in [0.1, 0.15) is 37.3 Å². The van der Waals surface area contributed by atoms with Crippen molar-refractivity contribution in [3.63, 3.8) is 0 Å². The Labute approximate surface area is 163 Å². The molecule has 0 bridgehead atoms. The lowest BCUT2D eigenvalue weighted by atomic mass is 9.94. The summed E-state index contributed by atoms with van der Waals surface area (Å²) in [4.78, 5) is 25.5. The van der Waals surface area contributed by atoms with E-state index in [1.807, 2.05) is 32.0 Å². The van der Waals surface area contributed by atoms with Gasteiger partial charge >= 0.3 is 12.1 Å². The number of carboxylic acids is 1. The number of ether oxygens (including phenoxy) is 1. The van der Waals surface area contributed by atoms with Crippen LogP contribution >= 0.6 is 11.6 Å². The van der Waals surface area contributed by atoms with Crippen LogP contribution in [0.3, 0.4) is 0 Å². The molecule has 2 aromatic heterocycles. The highest BCUT2D eigenvalue weighted by Crippen LogP contribution is 2.24. The Bertz CT molecular complexity index is 867. The predicted octanol–water partition coefficient (Wildman–Crippen LogP) is 3.31. The van der Waals surface area contributed by atoms with E-state index in [1.54, 1.807) is 10.6 Å². The number of fused-ring (bicyclic) bond motifs is 1. The fourth-order valence-electron chi connectivity index (χ4n) is 2.77. The normalized spacial score (nSPS) is 18.9. The Kier molecular flexibility index (Phi) is 6.56. The highest BCUT2D eigenvalue weighted by Gasteiger charge is 2.38. The molecule has 1 aliphatic heterocycles. The van der Waals surface area contributed by atoms with Crippen molar-refractivity contribution in [1.82, 2.24) is 14.7 Å². The number of carboxylic acid groups (broad SMARTS) is 1. The molecule has 1 amide bonds. The lowest BCUT2D eigenvalue weighted by molar-refractivity contribution is -0.192. The van der Waals surface area contributed by atoms with E-state index in [4.69, 9.17) is 26.2 Å². The molecule has 1 fully saturated rings. The van der Waals surface area contributed by atoms with Crippen molar-refractivity contribution < 1.29 is 32.6 Å². The van der Waals surface area contributed by atoms with Crippen molar-refractivity contribution in [3.05, 3.63) is 35.4 Å². The molecule has 1 atom stereocenters. The Morgan fingerprint density at radius 2 is 2.04 bits per heavy atom. The maximum Gasteiger partial charge on any atom is 0.490 e. The molecule has 2 N–H and O–H groups in total. The van der Waals surface area contributed by atoms with E-state index in [0.717, 1.165) is 18.4 Å². The third kappa shape index (κ3) is 5.59. The van der Waals surface area contributed by atoms with Gasteiger partial charge in [-0.15, -0.1) is 0 Å². The number of imidazole rings is 1. The number of halogens is 4. The second-order valence-corrected chi connectivity index (χ2v) is 7.11. The van der Waals surface area contributed by atoms with E-state index in [2.05, 4.69) is 10.3 Å². The molecule has 0 aliphatic carbocycles.